The van der Waals surface area contributed by atoms with Crippen LogP contribution >= 0.6 is 15.9 Å². The van der Waals surface area contributed by atoms with E-state index in [0.29, 0.717) is 11.3 Å². The maximum atomic E-state index is 10.7. The highest BCUT2D eigenvalue weighted by molar-refractivity contribution is 9.10. The third-order valence-electron chi connectivity index (χ3n) is 2.80. The predicted octanol–water partition coefficient (Wildman–Crippen LogP) is 5.01. The van der Waals surface area contributed by atoms with E-state index in [0.717, 1.165) is 29.4 Å². The van der Waals surface area contributed by atoms with Gasteiger partial charge in [-0.05, 0) is 58.2 Å². The van der Waals surface area contributed by atoms with E-state index in [9.17, 15) is 4.79 Å². The molecule has 2 rings (SSSR count). The van der Waals surface area contributed by atoms with E-state index < -0.39 is 0 Å². The summed E-state index contributed by atoms with van der Waals surface area (Å²) in [6, 6.07) is 13.4. The zero-order valence-corrected chi connectivity index (χ0v) is 12.3. The molecule has 0 unspecified atom stereocenters. The Morgan fingerprint density at radius 3 is 2.37 bits per heavy atom. The minimum Gasteiger partial charge on any atom is -0.457 e. The van der Waals surface area contributed by atoms with Gasteiger partial charge in [-0.25, -0.2) is 0 Å². The first-order valence-corrected chi connectivity index (χ1v) is 7.03. The Morgan fingerprint density at radius 2 is 1.79 bits per heavy atom. The van der Waals surface area contributed by atoms with Crippen LogP contribution in [0, 0.1) is 0 Å². The molecule has 0 aliphatic rings. The third kappa shape index (κ3) is 3.67. The zero-order chi connectivity index (χ0) is 13.7. The summed E-state index contributed by atoms with van der Waals surface area (Å²) in [5, 5.41) is 0. The molecule has 2 aromatic rings. The molecular formula is C16H15BrO2. The van der Waals surface area contributed by atoms with E-state index in [4.69, 9.17) is 4.74 Å². The summed E-state index contributed by atoms with van der Waals surface area (Å²) >= 11 is 3.34. The van der Waals surface area contributed by atoms with Crippen molar-refractivity contribution in [3.8, 4) is 11.5 Å². The highest BCUT2D eigenvalue weighted by Crippen LogP contribution is 2.26. The van der Waals surface area contributed by atoms with Crippen LogP contribution in [0.5, 0.6) is 11.5 Å². The number of hydrogen-bond donors (Lipinski definition) is 0. The fourth-order valence-corrected chi connectivity index (χ4v) is 2.27. The van der Waals surface area contributed by atoms with Gasteiger partial charge in [0.05, 0.1) is 0 Å². The molecule has 2 nitrogen and oxygen atoms in total. The summed E-state index contributed by atoms with van der Waals surface area (Å²) in [7, 11) is 0. The first-order valence-electron chi connectivity index (χ1n) is 6.24. The molecule has 0 aromatic heterocycles. The molecular weight excluding hydrogens is 304 g/mol. The molecule has 19 heavy (non-hydrogen) atoms. The van der Waals surface area contributed by atoms with Gasteiger partial charge in [0.15, 0.2) is 6.29 Å². The van der Waals surface area contributed by atoms with E-state index in [2.05, 4.69) is 35.0 Å². The summed E-state index contributed by atoms with van der Waals surface area (Å²) in [5.41, 5.74) is 1.93. The Balaban J connectivity index is 2.12. The average molecular weight is 319 g/mol. The van der Waals surface area contributed by atoms with Crippen molar-refractivity contribution in [1.29, 1.82) is 0 Å². The molecule has 0 aliphatic heterocycles. The number of aldehydes is 1. The topological polar surface area (TPSA) is 26.3 Å². The van der Waals surface area contributed by atoms with Gasteiger partial charge in [-0.2, -0.15) is 0 Å². The zero-order valence-electron chi connectivity index (χ0n) is 10.7. The molecule has 0 aliphatic carbocycles. The smallest absolute Gasteiger partial charge is 0.151 e. The van der Waals surface area contributed by atoms with Gasteiger partial charge in [0.25, 0.3) is 0 Å². The van der Waals surface area contributed by atoms with Gasteiger partial charge in [0.1, 0.15) is 11.5 Å². The lowest BCUT2D eigenvalue weighted by Crippen LogP contribution is -1.88. The standard InChI is InChI=1S/C16H15BrO2/c1-2-3-12-4-7-14(8-5-12)19-15-9-6-13(11-18)16(17)10-15/h4-11H,2-3H2,1H3. The Kier molecular flexibility index (Phi) is 4.74. The summed E-state index contributed by atoms with van der Waals surface area (Å²) in [6.45, 7) is 2.16. The molecule has 0 amide bonds. The van der Waals surface area contributed by atoms with Gasteiger partial charge in [0, 0.05) is 10.0 Å². The number of carbonyl (C=O) groups excluding carboxylic acids is 1. The largest absolute Gasteiger partial charge is 0.457 e. The van der Waals surface area contributed by atoms with Crippen LogP contribution in [0.2, 0.25) is 0 Å². The lowest BCUT2D eigenvalue weighted by molar-refractivity contribution is 0.112. The van der Waals surface area contributed by atoms with E-state index in [1.54, 1.807) is 18.2 Å². The predicted molar refractivity (Wildman–Crippen MR) is 80.0 cm³/mol. The van der Waals surface area contributed by atoms with Crippen molar-refractivity contribution in [2.45, 2.75) is 19.8 Å². The van der Waals surface area contributed by atoms with Crippen molar-refractivity contribution in [2.75, 3.05) is 0 Å². The van der Waals surface area contributed by atoms with Crippen LogP contribution in [0.25, 0.3) is 0 Å². The van der Waals surface area contributed by atoms with E-state index in [-0.39, 0.29) is 0 Å². The van der Waals surface area contributed by atoms with E-state index >= 15 is 0 Å². The molecule has 0 fully saturated rings. The van der Waals surface area contributed by atoms with Crippen molar-refractivity contribution < 1.29 is 9.53 Å². The van der Waals surface area contributed by atoms with Crippen LogP contribution in [-0.2, 0) is 6.42 Å². The molecule has 0 atom stereocenters. The third-order valence-corrected chi connectivity index (χ3v) is 3.48. The quantitative estimate of drug-likeness (QED) is 0.724. The van der Waals surface area contributed by atoms with Crippen molar-refractivity contribution >= 4 is 22.2 Å². The van der Waals surface area contributed by atoms with Crippen molar-refractivity contribution in [2.24, 2.45) is 0 Å². The second kappa shape index (κ2) is 6.53. The van der Waals surface area contributed by atoms with Gasteiger partial charge in [0.2, 0.25) is 0 Å². The van der Waals surface area contributed by atoms with Crippen LogP contribution in [-0.4, -0.2) is 6.29 Å². The molecule has 0 saturated heterocycles. The summed E-state index contributed by atoms with van der Waals surface area (Å²) in [4.78, 5) is 10.7. The lowest BCUT2D eigenvalue weighted by Gasteiger charge is -2.07. The van der Waals surface area contributed by atoms with E-state index in [1.165, 1.54) is 5.56 Å². The minimum atomic E-state index is 0.616. The molecule has 0 spiro atoms. The van der Waals surface area contributed by atoms with Crippen molar-refractivity contribution in [3.05, 3.63) is 58.1 Å². The Morgan fingerprint density at radius 1 is 1.11 bits per heavy atom. The monoisotopic (exact) mass is 318 g/mol. The number of carbonyl (C=O) groups is 1. The molecule has 3 heteroatoms. The van der Waals surface area contributed by atoms with Crippen molar-refractivity contribution in [3.63, 3.8) is 0 Å². The van der Waals surface area contributed by atoms with Crippen LogP contribution in [0.3, 0.4) is 0 Å². The number of halogens is 1. The summed E-state index contributed by atoms with van der Waals surface area (Å²) in [6.07, 6.45) is 3.04. The molecule has 0 N–H and O–H groups in total. The highest BCUT2D eigenvalue weighted by atomic mass is 79.9. The van der Waals surface area contributed by atoms with E-state index in [1.807, 2.05) is 12.1 Å². The summed E-state index contributed by atoms with van der Waals surface area (Å²) < 4.78 is 6.48. The van der Waals surface area contributed by atoms with Gasteiger partial charge >= 0.3 is 0 Å². The van der Waals surface area contributed by atoms with Crippen LogP contribution < -0.4 is 4.74 Å². The highest BCUT2D eigenvalue weighted by Gasteiger charge is 2.02. The van der Waals surface area contributed by atoms with Gasteiger partial charge in [-0.3, -0.25) is 4.79 Å². The first kappa shape index (κ1) is 13.8. The minimum absolute atomic E-state index is 0.616. The van der Waals surface area contributed by atoms with Crippen LogP contribution in [0.1, 0.15) is 29.3 Å². The Labute approximate surface area is 121 Å². The molecule has 2 aromatic carbocycles. The van der Waals surface area contributed by atoms with Gasteiger partial charge in [-0.1, -0.05) is 25.5 Å². The Hall–Kier alpha value is -1.61. The second-order valence-electron chi connectivity index (χ2n) is 4.30. The van der Waals surface area contributed by atoms with Crippen LogP contribution in [0.15, 0.2) is 46.9 Å². The number of rotatable bonds is 5. The second-order valence-corrected chi connectivity index (χ2v) is 5.15. The number of ether oxygens (including phenoxy) is 1. The SMILES string of the molecule is CCCc1ccc(Oc2ccc(C=O)c(Br)c2)cc1. The average Bonchev–Trinajstić information content (AvgIpc) is 2.42. The number of hydrogen-bond acceptors (Lipinski definition) is 2. The molecule has 0 bridgehead atoms. The lowest BCUT2D eigenvalue weighted by atomic mass is 10.1. The molecule has 0 radical (unpaired) electrons. The van der Waals surface area contributed by atoms with Crippen molar-refractivity contribution in [1.82, 2.24) is 0 Å². The first-order chi connectivity index (χ1) is 9.22. The normalized spacial score (nSPS) is 10.2. The molecule has 98 valence electrons. The molecule has 0 heterocycles. The molecule has 0 saturated carbocycles. The van der Waals surface area contributed by atoms with Gasteiger partial charge in [-0.15, -0.1) is 0 Å². The number of benzene rings is 2. The maximum absolute atomic E-state index is 10.7. The number of aryl methyl sites for hydroxylation is 1. The maximum Gasteiger partial charge on any atom is 0.151 e. The van der Waals surface area contributed by atoms with Crippen LogP contribution in [0.4, 0.5) is 0 Å². The Bertz CT molecular complexity index is 561. The summed E-state index contributed by atoms with van der Waals surface area (Å²) in [5.74, 6) is 1.51. The fourth-order valence-electron chi connectivity index (χ4n) is 1.82. The van der Waals surface area contributed by atoms with Gasteiger partial charge < -0.3 is 4.74 Å². The fraction of sp³-hybridized carbons (Fsp3) is 0.188.